The summed E-state index contributed by atoms with van der Waals surface area (Å²) in [7, 11) is 0. The van der Waals surface area contributed by atoms with Crippen LogP contribution in [0.1, 0.15) is 11.1 Å². The molecule has 0 fully saturated rings. The predicted octanol–water partition coefficient (Wildman–Crippen LogP) is 2.68. The van der Waals surface area contributed by atoms with Gasteiger partial charge in [-0.3, -0.25) is 4.98 Å². The molecule has 0 saturated carbocycles. The second-order valence-electron chi connectivity index (χ2n) is 4.59. The van der Waals surface area contributed by atoms with Crippen molar-refractivity contribution in [3.05, 3.63) is 52.0 Å². The van der Waals surface area contributed by atoms with E-state index in [9.17, 15) is 4.79 Å². The molecule has 0 radical (unpaired) electrons. The minimum Gasteiger partial charge on any atom is -0.455 e. The van der Waals surface area contributed by atoms with E-state index in [-0.39, 0.29) is 0 Å². The Kier molecular flexibility index (Phi) is 2.88. The molecule has 0 bridgehead atoms. The van der Waals surface area contributed by atoms with Crippen LogP contribution < -0.4 is 16.2 Å². The number of fused-ring (bicyclic) bond motifs is 1. The summed E-state index contributed by atoms with van der Waals surface area (Å²) in [4.78, 5) is 13.7. The second kappa shape index (κ2) is 4.72. The molecule has 3 rings (SSSR count). The number of nitrogen functional groups attached to an aromatic ring is 1. The number of rotatable bonds is 2. The summed E-state index contributed by atoms with van der Waals surface area (Å²) in [5.74, 6) is 0.368. The Morgan fingerprint density at radius 1 is 1.29 bits per heavy atom. The number of nitrogens with zero attached hydrogens (tertiary/aromatic N) is 1. The van der Waals surface area contributed by atoms with Gasteiger partial charge >= 0.3 is 5.76 Å². The van der Waals surface area contributed by atoms with Gasteiger partial charge in [-0.2, -0.15) is 5.26 Å². The maximum absolute atomic E-state index is 11.2. The molecule has 6 heteroatoms. The number of benzene rings is 2. The molecule has 0 aliphatic carbocycles. The average molecular weight is 281 g/mol. The summed E-state index contributed by atoms with van der Waals surface area (Å²) in [5, 5.41) is 8.94. The topological polar surface area (TPSA) is 105 Å². The number of aryl methyl sites for hydroxylation is 1. The van der Waals surface area contributed by atoms with Crippen LogP contribution >= 0.6 is 0 Å². The largest absolute Gasteiger partial charge is 0.455 e. The fraction of sp³-hybridized carbons (Fsp3) is 0.0667. The molecule has 3 aromatic rings. The molecule has 0 saturated heterocycles. The van der Waals surface area contributed by atoms with E-state index in [1.165, 1.54) is 6.07 Å². The maximum Gasteiger partial charge on any atom is 0.417 e. The van der Waals surface area contributed by atoms with Crippen molar-refractivity contribution >= 4 is 16.8 Å². The van der Waals surface area contributed by atoms with Gasteiger partial charge in [0.05, 0.1) is 22.8 Å². The van der Waals surface area contributed by atoms with Crippen molar-refractivity contribution in [2.75, 3.05) is 5.73 Å². The minimum absolute atomic E-state index is 0.340. The lowest BCUT2D eigenvalue weighted by molar-refractivity contribution is 0.481. The zero-order valence-electron chi connectivity index (χ0n) is 11.1. The van der Waals surface area contributed by atoms with Crippen molar-refractivity contribution in [3.8, 4) is 17.6 Å². The summed E-state index contributed by atoms with van der Waals surface area (Å²) in [6, 6.07) is 10.3. The fourth-order valence-corrected chi connectivity index (χ4v) is 1.98. The van der Waals surface area contributed by atoms with Crippen molar-refractivity contribution in [1.82, 2.24) is 4.98 Å². The molecular formula is C15H11N3O3. The van der Waals surface area contributed by atoms with Gasteiger partial charge in [-0.15, -0.1) is 0 Å². The van der Waals surface area contributed by atoms with Crippen LogP contribution in [-0.2, 0) is 0 Å². The van der Waals surface area contributed by atoms with E-state index in [1.54, 1.807) is 24.3 Å². The van der Waals surface area contributed by atoms with E-state index in [0.29, 0.717) is 33.8 Å². The van der Waals surface area contributed by atoms with E-state index in [1.807, 2.05) is 6.92 Å². The molecule has 6 nitrogen and oxygen atoms in total. The Morgan fingerprint density at radius 3 is 2.86 bits per heavy atom. The second-order valence-corrected chi connectivity index (χ2v) is 4.59. The highest BCUT2D eigenvalue weighted by Crippen LogP contribution is 2.32. The van der Waals surface area contributed by atoms with Gasteiger partial charge in [-0.1, -0.05) is 6.07 Å². The Balaban J connectivity index is 2.07. The number of aromatic nitrogens is 1. The third-order valence-electron chi connectivity index (χ3n) is 3.09. The third-order valence-corrected chi connectivity index (χ3v) is 3.09. The minimum atomic E-state index is -0.552. The number of anilines is 1. The molecule has 2 aromatic carbocycles. The number of nitrogens with one attached hydrogen (secondary N) is 1. The van der Waals surface area contributed by atoms with Gasteiger partial charge in [0.2, 0.25) is 0 Å². The fourth-order valence-electron chi connectivity index (χ4n) is 1.98. The lowest BCUT2D eigenvalue weighted by atomic mass is 10.1. The van der Waals surface area contributed by atoms with E-state index < -0.39 is 5.76 Å². The van der Waals surface area contributed by atoms with Crippen molar-refractivity contribution in [2.24, 2.45) is 0 Å². The Morgan fingerprint density at radius 2 is 2.10 bits per heavy atom. The first-order valence-corrected chi connectivity index (χ1v) is 6.18. The first-order chi connectivity index (χ1) is 10.1. The van der Waals surface area contributed by atoms with Gasteiger partial charge in [0.15, 0.2) is 11.3 Å². The third kappa shape index (κ3) is 2.32. The van der Waals surface area contributed by atoms with E-state index in [2.05, 4.69) is 11.1 Å². The molecule has 3 N–H and O–H groups in total. The molecule has 1 aromatic heterocycles. The molecule has 104 valence electrons. The maximum atomic E-state index is 11.2. The standard InChI is InChI=1S/C15H11N3O3/c1-8-2-3-9(7-16)4-12(8)20-13-6-11-14(5-10(13)17)21-15(19)18-11/h2-6H,17H2,1H3,(H,18,19). The molecule has 0 spiro atoms. The zero-order valence-corrected chi connectivity index (χ0v) is 11.1. The number of hydrogen-bond acceptors (Lipinski definition) is 5. The van der Waals surface area contributed by atoms with Crippen molar-refractivity contribution < 1.29 is 9.15 Å². The van der Waals surface area contributed by atoms with Crippen molar-refractivity contribution in [3.63, 3.8) is 0 Å². The lowest BCUT2D eigenvalue weighted by Gasteiger charge is -2.10. The molecule has 0 aliphatic heterocycles. The zero-order chi connectivity index (χ0) is 15.0. The van der Waals surface area contributed by atoms with Crippen molar-refractivity contribution in [1.29, 1.82) is 5.26 Å². The van der Waals surface area contributed by atoms with Crippen LogP contribution in [0.2, 0.25) is 0 Å². The highest BCUT2D eigenvalue weighted by molar-refractivity contribution is 5.80. The number of oxazole rings is 1. The van der Waals surface area contributed by atoms with Crippen LogP contribution in [0.5, 0.6) is 11.5 Å². The first-order valence-electron chi connectivity index (χ1n) is 6.18. The molecule has 1 heterocycles. The molecule has 0 atom stereocenters. The predicted molar refractivity (Wildman–Crippen MR) is 77.2 cm³/mol. The summed E-state index contributed by atoms with van der Waals surface area (Å²) in [6.45, 7) is 1.87. The first kappa shape index (κ1) is 12.8. The van der Waals surface area contributed by atoms with Crippen LogP contribution in [0.25, 0.3) is 11.1 Å². The van der Waals surface area contributed by atoms with Crippen LogP contribution in [0, 0.1) is 18.3 Å². The van der Waals surface area contributed by atoms with Gasteiger partial charge in [-0.05, 0) is 24.6 Å². The van der Waals surface area contributed by atoms with Crippen molar-refractivity contribution in [2.45, 2.75) is 6.92 Å². The lowest BCUT2D eigenvalue weighted by Crippen LogP contribution is -1.95. The van der Waals surface area contributed by atoms with Crippen LogP contribution in [0.4, 0.5) is 5.69 Å². The van der Waals surface area contributed by atoms with Gasteiger partial charge in [0.25, 0.3) is 0 Å². The Hall–Kier alpha value is -3.20. The number of H-pyrrole nitrogens is 1. The number of hydrogen-bond donors (Lipinski definition) is 2. The summed E-state index contributed by atoms with van der Waals surface area (Å²) in [6.07, 6.45) is 0. The molecule has 21 heavy (non-hydrogen) atoms. The van der Waals surface area contributed by atoms with Crippen LogP contribution in [-0.4, -0.2) is 4.98 Å². The van der Waals surface area contributed by atoms with E-state index in [0.717, 1.165) is 5.56 Å². The van der Waals surface area contributed by atoms with Crippen LogP contribution in [0.15, 0.2) is 39.5 Å². The molecule has 0 unspecified atom stereocenters. The number of aromatic amines is 1. The Labute approximate surface area is 119 Å². The molecule has 0 amide bonds. The van der Waals surface area contributed by atoms with E-state index >= 15 is 0 Å². The molecular weight excluding hydrogens is 270 g/mol. The highest BCUT2D eigenvalue weighted by Gasteiger charge is 2.10. The number of nitriles is 1. The smallest absolute Gasteiger partial charge is 0.417 e. The summed E-state index contributed by atoms with van der Waals surface area (Å²) < 4.78 is 10.7. The van der Waals surface area contributed by atoms with Gasteiger partial charge in [-0.25, -0.2) is 4.79 Å². The number of ether oxygens (including phenoxy) is 1. The molecule has 0 aliphatic rings. The summed E-state index contributed by atoms with van der Waals surface area (Å²) >= 11 is 0. The summed E-state index contributed by atoms with van der Waals surface area (Å²) in [5.41, 5.74) is 8.47. The highest BCUT2D eigenvalue weighted by atomic mass is 16.5. The quantitative estimate of drug-likeness (QED) is 0.702. The SMILES string of the molecule is Cc1ccc(C#N)cc1Oc1cc2[nH]c(=O)oc2cc1N. The van der Waals surface area contributed by atoms with Gasteiger partial charge in [0.1, 0.15) is 5.75 Å². The monoisotopic (exact) mass is 281 g/mol. The number of nitrogens with two attached hydrogens (primary N) is 1. The van der Waals surface area contributed by atoms with Gasteiger partial charge in [0, 0.05) is 12.1 Å². The average Bonchev–Trinajstić information content (AvgIpc) is 2.80. The van der Waals surface area contributed by atoms with Gasteiger partial charge < -0.3 is 14.9 Å². The normalized spacial score (nSPS) is 10.5. The van der Waals surface area contributed by atoms with Crippen LogP contribution in [0.3, 0.4) is 0 Å². The Bertz CT molecular complexity index is 931. The van der Waals surface area contributed by atoms with E-state index in [4.69, 9.17) is 20.1 Å².